The van der Waals surface area contributed by atoms with Gasteiger partial charge in [0.15, 0.2) is 0 Å². The van der Waals surface area contributed by atoms with Crippen LogP contribution in [0.2, 0.25) is 0 Å². The highest BCUT2D eigenvalue weighted by Gasteiger charge is 1.92. The molecule has 50 valence electrons. The highest BCUT2D eigenvalue weighted by atomic mass is 19.2. The molecule has 0 rings (SSSR count). The average molecular weight is 123 g/mol. The second kappa shape index (κ2) is 6.20. The Morgan fingerprint density at radius 1 is 1.88 bits per heavy atom. The van der Waals surface area contributed by atoms with Gasteiger partial charge < -0.3 is 4.74 Å². The molecule has 0 aliphatic heterocycles. The van der Waals surface area contributed by atoms with Crippen LogP contribution in [0.5, 0.6) is 0 Å². The highest BCUT2D eigenvalue weighted by molar-refractivity contribution is 5.65. The first-order valence-electron chi connectivity index (χ1n) is 1.84. The monoisotopic (exact) mass is 123 g/mol. The van der Waals surface area contributed by atoms with E-state index in [4.69, 9.17) is 0 Å². The number of carbonyl (C=O) groups excluding carboxylic acids is 1. The molecule has 0 saturated carbocycles. The van der Waals surface area contributed by atoms with Crippen LogP contribution in [-0.4, -0.2) is 12.7 Å². The molecule has 0 aromatic rings. The molecule has 0 saturated heterocycles. The Balaban J connectivity index is 0. The number of rotatable bonds is 1. The quantitative estimate of drug-likeness (QED) is 0.533. The van der Waals surface area contributed by atoms with E-state index in [0.717, 1.165) is 5.54 Å². The normalized spacial score (nSPS) is 6.75. The molecule has 4 heteroatoms. The smallest absolute Gasteiger partial charge is 0.435 e. The van der Waals surface area contributed by atoms with Crippen LogP contribution in [0.1, 0.15) is 14.4 Å². The first kappa shape index (κ1) is 10.2. The largest absolute Gasteiger partial charge is 0.448 e. The Morgan fingerprint density at radius 3 is 2.50 bits per heavy atom. The molecule has 0 atom stereocenters. The van der Waals surface area contributed by atoms with Gasteiger partial charge in [0.1, 0.15) is 0 Å². The third-order valence-corrected chi connectivity index (χ3v) is 0.353. The minimum atomic E-state index is -1.04. The molecule has 0 radical (unpaired) electrons. The van der Waals surface area contributed by atoms with Crippen molar-refractivity contribution in [3.63, 3.8) is 0 Å². The summed E-state index contributed by atoms with van der Waals surface area (Å²) < 4.78 is 14.9. The topological polar surface area (TPSA) is 38.3 Å². The third kappa shape index (κ3) is 5.20. The van der Waals surface area contributed by atoms with Gasteiger partial charge in [0.05, 0.1) is 6.61 Å². The SMILES string of the molecule is C.CCOC(=O)NF. The first-order valence-corrected chi connectivity index (χ1v) is 1.84. The molecule has 3 nitrogen and oxygen atoms in total. The van der Waals surface area contributed by atoms with E-state index < -0.39 is 6.09 Å². The van der Waals surface area contributed by atoms with E-state index >= 15 is 0 Å². The number of ether oxygens (including phenoxy) is 1. The summed E-state index contributed by atoms with van der Waals surface area (Å²) in [5.41, 5.74) is 0.805. The van der Waals surface area contributed by atoms with E-state index in [-0.39, 0.29) is 14.0 Å². The fourth-order valence-corrected chi connectivity index (χ4v) is 0.158. The van der Waals surface area contributed by atoms with Crippen molar-refractivity contribution in [2.75, 3.05) is 6.61 Å². The van der Waals surface area contributed by atoms with Crippen LogP contribution < -0.4 is 5.54 Å². The summed E-state index contributed by atoms with van der Waals surface area (Å²) in [4.78, 5) is 9.70. The van der Waals surface area contributed by atoms with Gasteiger partial charge in [-0.1, -0.05) is 11.9 Å². The van der Waals surface area contributed by atoms with Crippen molar-refractivity contribution >= 4 is 6.09 Å². The van der Waals surface area contributed by atoms with Crippen molar-refractivity contribution in [1.29, 1.82) is 0 Å². The summed E-state index contributed by atoms with van der Waals surface area (Å²) in [7, 11) is 0. The molecule has 1 amide bonds. The van der Waals surface area contributed by atoms with E-state index in [2.05, 4.69) is 4.74 Å². The molecule has 0 spiro atoms. The molecule has 0 unspecified atom stereocenters. The van der Waals surface area contributed by atoms with Crippen molar-refractivity contribution in [2.24, 2.45) is 0 Å². The molecule has 0 heterocycles. The van der Waals surface area contributed by atoms with Crippen LogP contribution >= 0.6 is 0 Å². The van der Waals surface area contributed by atoms with E-state index in [1.165, 1.54) is 0 Å². The minimum absolute atomic E-state index is 0. The number of halogens is 1. The Labute approximate surface area is 47.8 Å². The zero-order chi connectivity index (χ0) is 5.70. The van der Waals surface area contributed by atoms with Gasteiger partial charge in [-0.2, -0.15) is 5.54 Å². The van der Waals surface area contributed by atoms with Crippen molar-refractivity contribution in [2.45, 2.75) is 14.4 Å². The standard InChI is InChI=1S/C3H6FNO2.CH4/c1-2-7-3(6)5-4;/h2H2,1H3,(H,5,6);1H4. The van der Waals surface area contributed by atoms with Crippen molar-refractivity contribution in [3.05, 3.63) is 0 Å². The van der Waals surface area contributed by atoms with E-state index in [1.54, 1.807) is 6.92 Å². The maximum absolute atomic E-state index is 10.8. The van der Waals surface area contributed by atoms with Gasteiger partial charge in [0.25, 0.3) is 0 Å². The first-order chi connectivity index (χ1) is 3.31. The number of amides is 1. The molecule has 0 aromatic heterocycles. The fraction of sp³-hybridized carbons (Fsp3) is 0.750. The highest BCUT2D eigenvalue weighted by Crippen LogP contribution is 1.72. The Morgan fingerprint density at radius 2 is 2.38 bits per heavy atom. The second-order valence-electron chi connectivity index (χ2n) is 0.815. The zero-order valence-electron chi connectivity index (χ0n) is 3.90. The summed E-state index contributed by atoms with van der Waals surface area (Å²) in [6, 6.07) is 0. The molecular formula is C4H10FNO2. The lowest BCUT2D eigenvalue weighted by atomic mass is 10.9. The summed E-state index contributed by atoms with van der Waals surface area (Å²) in [6.07, 6.45) is -1.04. The van der Waals surface area contributed by atoms with Gasteiger partial charge >= 0.3 is 6.09 Å². The van der Waals surface area contributed by atoms with Crippen molar-refractivity contribution < 1.29 is 14.0 Å². The lowest BCUT2D eigenvalue weighted by Gasteiger charge is -1.92. The van der Waals surface area contributed by atoms with Gasteiger partial charge in [-0.05, 0) is 6.92 Å². The summed E-state index contributed by atoms with van der Waals surface area (Å²) in [5.74, 6) is 0. The van der Waals surface area contributed by atoms with Crippen LogP contribution in [-0.2, 0) is 4.74 Å². The third-order valence-electron chi connectivity index (χ3n) is 0.353. The Hall–Kier alpha value is -0.800. The van der Waals surface area contributed by atoms with Crippen LogP contribution in [0.3, 0.4) is 0 Å². The number of carbonyl (C=O) groups is 1. The van der Waals surface area contributed by atoms with Gasteiger partial charge in [-0.25, -0.2) is 4.79 Å². The van der Waals surface area contributed by atoms with E-state index in [0.29, 0.717) is 0 Å². The number of nitrogens with one attached hydrogen (secondary N) is 1. The van der Waals surface area contributed by atoms with Crippen LogP contribution in [0.4, 0.5) is 9.28 Å². The summed E-state index contributed by atoms with van der Waals surface area (Å²) >= 11 is 0. The van der Waals surface area contributed by atoms with Crippen LogP contribution in [0, 0.1) is 0 Å². The fourth-order valence-electron chi connectivity index (χ4n) is 0.158. The average Bonchev–Trinajstić information content (AvgIpc) is 1.68. The molecule has 8 heavy (non-hydrogen) atoms. The minimum Gasteiger partial charge on any atom is -0.448 e. The van der Waals surface area contributed by atoms with Crippen LogP contribution in [0.25, 0.3) is 0 Å². The van der Waals surface area contributed by atoms with Gasteiger partial charge in [-0.15, -0.1) is 0 Å². The molecule has 0 aromatic carbocycles. The second-order valence-corrected chi connectivity index (χ2v) is 0.815. The van der Waals surface area contributed by atoms with Crippen molar-refractivity contribution in [3.8, 4) is 0 Å². The lowest BCUT2D eigenvalue weighted by Crippen LogP contribution is -2.14. The Bertz CT molecular complexity index is 67.1. The van der Waals surface area contributed by atoms with Crippen molar-refractivity contribution in [1.82, 2.24) is 5.54 Å². The predicted octanol–water partition coefficient (Wildman–Crippen LogP) is 1.25. The molecule has 0 bridgehead atoms. The van der Waals surface area contributed by atoms with Crippen LogP contribution in [0.15, 0.2) is 0 Å². The maximum atomic E-state index is 10.8. The van der Waals surface area contributed by atoms with E-state index in [1.807, 2.05) is 0 Å². The summed E-state index contributed by atoms with van der Waals surface area (Å²) in [6.45, 7) is 1.78. The zero-order valence-corrected chi connectivity index (χ0v) is 3.90. The molecule has 0 aliphatic rings. The van der Waals surface area contributed by atoms with Gasteiger partial charge in [-0.3, -0.25) is 0 Å². The molecular weight excluding hydrogens is 113 g/mol. The number of hydrogen-bond donors (Lipinski definition) is 1. The predicted molar refractivity (Wildman–Crippen MR) is 28.0 cm³/mol. The molecule has 0 fully saturated rings. The van der Waals surface area contributed by atoms with E-state index in [9.17, 15) is 9.28 Å². The maximum Gasteiger partial charge on any atom is 0.435 e. The molecule has 1 N–H and O–H groups in total. The van der Waals surface area contributed by atoms with Gasteiger partial charge in [0.2, 0.25) is 0 Å². The molecule has 0 aliphatic carbocycles. The summed E-state index contributed by atoms with van der Waals surface area (Å²) in [5, 5.41) is 0. The van der Waals surface area contributed by atoms with Gasteiger partial charge in [0, 0.05) is 0 Å². The lowest BCUT2D eigenvalue weighted by molar-refractivity contribution is 0.129. The number of hydrogen-bond acceptors (Lipinski definition) is 2. The Kier molecular flexibility index (Phi) is 7.93.